The molecule has 0 spiro atoms. The lowest BCUT2D eigenvalue weighted by Crippen LogP contribution is -2.00. The molecule has 0 aliphatic carbocycles. The second-order valence-corrected chi connectivity index (χ2v) is 5.48. The molecule has 0 aliphatic rings. The highest BCUT2D eigenvalue weighted by Crippen LogP contribution is 2.37. The Morgan fingerprint density at radius 3 is 2.45 bits per heavy atom. The van der Waals surface area contributed by atoms with Gasteiger partial charge in [0.2, 0.25) is 0 Å². The minimum atomic E-state index is -0.673. The van der Waals surface area contributed by atoms with Crippen molar-refractivity contribution in [3.05, 3.63) is 52.0 Å². The maximum atomic E-state index is 9.95. The predicted molar refractivity (Wildman–Crippen MR) is 82.6 cm³/mol. The third-order valence-corrected chi connectivity index (χ3v) is 3.53. The number of benzene rings is 2. The van der Waals surface area contributed by atoms with Crippen molar-refractivity contribution in [1.29, 1.82) is 0 Å². The topological polar surface area (TPSA) is 38.7 Å². The molecule has 1 N–H and O–H groups in total. The second-order valence-electron chi connectivity index (χ2n) is 4.56. The second kappa shape index (κ2) is 6.29. The number of ether oxygens (including phenoxy) is 2. The van der Waals surface area contributed by atoms with E-state index in [-0.39, 0.29) is 0 Å². The van der Waals surface area contributed by atoms with Crippen molar-refractivity contribution >= 4 is 15.9 Å². The van der Waals surface area contributed by atoms with Crippen molar-refractivity contribution in [3.63, 3.8) is 0 Å². The van der Waals surface area contributed by atoms with E-state index in [0.29, 0.717) is 17.1 Å². The number of rotatable bonds is 4. The quantitative estimate of drug-likeness (QED) is 0.885. The van der Waals surface area contributed by atoms with Crippen molar-refractivity contribution in [2.75, 3.05) is 7.11 Å². The molecule has 0 fully saturated rings. The van der Waals surface area contributed by atoms with Crippen molar-refractivity contribution in [1.82, 2.24) is 0 Å². The molecule has 3 nitrogen and oxygen atoms in total. The number of aryl methyl sites for hydroxylation is 1. The number of aliphatic hydroxyl groups is 1. The third kappa shape index (κ3) is 3.14. The molecule has 0 saturated heterocycles. The fourth-order valence-corrected chi connectivity index (χ4v) is 2.35. The zero-order valence-electron chi connectivity index (χ0n) is 11.7. The van der Waals surface area contributed by atoms with Gasteiger partial charge in [0.25, 0.3) is 0 Å². The Balaban J connectivity index is 2.45. The molecule has 0 amide bonds. The van der Waals surface area contributed by atoms with Crippen LogP contribution in [0.4, 0.5) is 0 Å². The minimum Gasteiger partial charge on any atom is -0.496 e. The molecule has 0 radical (unpaired) electrons. The van der Waals surface area contributed by atoms with Gasteiger partial charge < -0.3 is 14.6 Å². The largest absolute Gasteiger partial charge is 0.496 e. The van der Waals surface area contributed by atoms with E-state index in [0.717, 1.165) is 15.8 Å². The molecular formula is C16H17BrO3. The van der Waals surface area contributed by atoms with E-state index >= 15 is 0 Å². The van der Waals surface area contributed by atoms with Crippen molar-refractivity contribution in [2.24, 2.45) is 0 Å². The lowest BCUT2D eigenvalue weighted by molar-refractivity contribution is 0.190. The van der Waals surface area contributed by atoms with Gasteiger partial charge in [-0.3, -0.25) is 0 Å². The van der Waals surface area contributed by atoms with Crippen molar-refractivity contribution in [3.8, 4) is 17.2 Å². The summed E-state index contributed by atoms with van der Waals surface area (Å²) in [4.78, 5) is 0. The normalized spacial score (nSPS) is 12.1. The van der Waals surface area contributed by atoms with Gasteiger partial charge in [-0.2, -0.15) is 0 Å². The van der Waals surface area contributed by atoms with Crippen LogP contribution in [0.2, 0.25) is 0 Å². The van der Waals surface area contributed by atoms with Gasteiger partial charge in [0.05, 0.1) is 18.8 Å². The summed E-state index contributed by atoms with van der Waals surface area (Å²) in [5, 5.41) is 9.95. The van der Waals surface area contributed by atoms with Crippen LogP contribution < -0.4 is 9.47 Å². The van der Waals surface area contributed by atoms with Crippen LogP contribution in [0.25, 0.3) is 0 Å². The highest BCUT2D eigenvalue weighted by Gasteiger charge is 2.16. The molecule has 2 aromatic carbocycles. The summed E-state index contributed by atoms with van der Waals surface area (Å²) in [6, 6.07) is 11.3. The van der Waals surface area contributed by atoms with E-state index in [4.69, 9.17) is 9.47 Å². The third-order valence-electron chi connectivity index (χ3n) is 3.03. The number of aliphatic hydroxyl groups excluding tert-OH is 1. The first-order valence-electron chi connectivity index (χ1n) is 6.32. The zero-order valence-corrected chi connectivity index (χ0v) is 13.3. The first kappa shape index (κ1) is 14.9. The van der Waals surface area contributed by atoms with Crippen LogP contribution in [0.5, 0.6) is 17.2 Å². The van der Waals surface area contributed by atoms with Gasteiger partial charge in [-0.05, 0) is 43.7 Å². The highest BCUT2D eigenvalue weighted by atomic mass is 79.9. The SMILES string of the molecule is COc1cccc(Oc2cc(Br)ccc2C)c1[C@@H](C)O. The van der Waals surface area contributed by atoms with Gasteiger partial charge in [-0.25, -0.2) is 0 Å². The van der Waals surface area contributed by atoms with Crippen LogP contribution in [0.15, 0.2) is 40.9 Å². The molecule has 0 aromatic heterocycles. The van der Waals surface area contributed by atoms with E-state index in [2.05, 4.69) is 15.9 Å². The number of hydrogen-bond acceptors (Lipinski definition) is 3. The molecule has 0 unspecified atom stereocenters. The lowest BCUT2D eigenvalue weighted by atomic mass is 10.1. The number of halogens is 1. The molecule has 0 saturated carbocycles. The fraction of sp³-hybridized carbons (Fsp3) is 0.250. The van der Waals surface area contributed by atoms with Gasteiger partial charge >= 0.3 is 0 Å². The van der Waals surface area contributed by atoms with Crippen LogP contribution in [0.1, 0.15) is 24.2 Å². The maximum Gasteiger partial charge on any atom is 0.136 e. The first-order valence-corrected chi connectivity index (χ1v) is 7.11. The Kier molecular flexibility index (Phi) is 4.68. The van der Waals surface area contributed by atoms with Crippen LogP contribution in [0, 0.1) is 6.92 Å². The highest BCUT2D eigenvalue weighted by molar-refractivity contribution is 9.10. The average molecular weight is 337 g/mol. The van der Waals surface area contributed by atoms with Gasteiger partial charge in [0.15, 0.2) is 0 Å². The zero-order chi connectivity index (χ0) is 14.7. The molecule has 20 heavy (non-hydrogen) atoms. The van der Waals surface area contributed by atoms with Crippen LogP contribution in [-0.2, 0) is 0 Å². The molecule has 106 valence electrons. The van der Waals surface area contributed by atoms with Crippen LogP contribution >= 0.6 is 15.9 Å². The number of hydrogen-bond donors (Lipinski definition) is 1. The first-order chi connectivity index (χ1) is 9.52. The summed E-state index contributed by atoms with van der Waals surface area (Å²) in [7, 11) is 1.58. The Hall–Kier alpha value is -1.52. The molecule has 1 atom stereocenters. The van der Waals surface area contributed by atoms with Gasteiger partial charge in [-0.1, -0.05) is 28.1 Å². The Morgan fingerprint density at radius 1 is 1.10 bits per heavy atom. The molecule has 0 heterocycles. The van der Waals surface area contributed by atoms with Gasteiger partial charge in [0.1, 0.15) is 17.2 Å². The van der Waals surface area contributed by atoms with E-state index < -0.39 is 6.10 Å². The van der Waals surface area contributed by atoms with Gasteiger partial charge in [0, 0.05) is 4.47 Å². The molecule has 4 heteroatoms. The summed E-state index contributed by atoms with van der Waals surface area (Å²) < 4.78 is 12.2. The van der Waals surface area contributed by atoms with E-state index in [1.54, 1.807) is 14.0 Å². The van der Waals surface area contributed by atoms with E-state index in [1.807, 2.05) is 43.3 Å². The predicted octanol–water partition coefficient (Wildman–Crippen LogP) is 4.61. The summed E-state index contributed by atoms with van der Waals surface area (Å²) >= 11 is 3.43. The molecule has 2 rings (SSSR count). The monoisotopic (exact) mass is 336 g/mol. The smallest absolute Gasteiger partial charge is 0.136 e. The van der Waals surface area contributed by atoms with E-state index in [9.17, 15) is 5.11 Å². The molecular weight excluding hydrogens is 320 g/mol. The summed E-state index contributed by atoms with van der Waals surface area (Å²) in [5.41, 5.74) is 1.67. The summed E-state index contributed by atoms with van der Waals surface area (Å²) in [6.45, 7) is 3.67. The van der Waals surface area contributed by atoms with Crippen LogP contribution in [-0.4, -0.2) is 12.2 Å². The lowest BCUT2D eigenvalue weighted by Gasteiger charge is -2.17. The fourth-order valence-electron chi connectivity index (χ4n) is 2.00. The maximum absolute atomic E-state index is 9.95. The number of methoxy groups -OCH3 is 1. The van der Waals surface area contributed by atoms with Gasteiger partial charge in [-0.15, -0.1) is 0 Å². The minimum absolute atomic E-state index is 0.598. The van der Waals surface area contributed by atoms with Crippen LogP contribution in [0.3, 0.4) is 0 Å². The standard InChI is InChI=1S/C16H17BrO3/c1-10-7-8-12(17)9-15(10)20-14-6-4-5-13(19-3)16(14)11(2)18/h4-9,11,18H,1-3H3/t11-/m1/s1. The molecule has 0 aliphatic heterocycles. The summed E-state index contributed by atoms with van der Waals surface area (Å²) in [5.74, 6) is 1.96. The Morgan fingerprint density at radius 2 is 1.80 bits per heavy atom. The van der Waals surface area contributed by atoms with E-state index in [1.165, 1.54) is 0 Å². The Bertz CT molecular complexity index is 609. The average Bonchev–Trinajstić information content (AvgIpc) is 2.42. The van der Waals surface area contributed by atoms with Crippen molar-refractivity contribution < 1.29 is 14.6 Å². The Labute approximate surface area is 127 Å². The van der Waals surface area contributed by atoms with Crippen molar-refractivity contribution in [2.45, 2.75) is 20.0 Å². The summed E-state index contributed by atoms with van der Waals surface area (Å²) in [6.07, 6.45) is -0.673. The molecule has 0 bridgehead atoms. The molecule has 2 aromatic rings.